The molecule has 0 spiro atoms. The summed E-state index contributed by atoms with van der Waals surface area (Å²) in [6.07, 6.45) is 6.92. The average molecular weight is 183 g/mol. The molecule has 1 aliphatic rings. The van der Waals surface area contributed by atoms with Crippen LogP contribution in [0.2, 0.25) is 0 Å². The fourth-order valence-corrected chi connectivity index (χ4v) is 1.95. The van der Waals surface area contributed by atoms with Crippen molar-refractivity contribution in [1.82, 2.24) is 5.32 Å². The quantitative estimate of drug-likeness (QED) is 0.639. The van der Waals surface area contributed by atoms with E-state index in [0.717, 1.165) is 5.92 Å². The first-order chi connectivity index (χ1) is 6.26. The van der Waals surface area contributed by atoms with Crippen molar-refractivity contribution < 1.29 is 0 Å². The molecule has 0 aromatic heterocycles. The first-order valence-electron chi connectivity index (χ1n) is 5.97. The van der Waals surface area contributed by atoms with Gasteiger partial charge in [-0.1, -0.05) is 33.6 Å². The van der Waals surface area contributed by atoms with Crippen molar-refractivity contribution in [2.24, 2.45) is 11.3 Å². The molecule has 1 heteroatoms. The third-order valence-corrected chi connectivity index (χ3v) is 3.79. The number of nitrogens with one attached hydrogen (secondary N) is 1. The van der Waals surface area contributed by atoms with E-state index in [1.807, 2.05) is 0 Å². The lowest BCUT2D eigenvalue weighted by atomic mass is 10.0. The number of rotatable bonds is 7. The summed E-state index contributed by atoms with van der Waals surface area (Å²) >= 11 is 0. The second kappa shape index (κ2) is 4.99. The summed E-state index contributed by atoms with van der Waals surface area (Å²) < 4.78 is 0. The lowest BCUT2D eigenvalue weighted by Gasteiger charge is -2.17. The molecule has 1 aliphatic carbocycles. The Kier molecular flexibility index (Phi) is 4.24. The van der Waals surface area contributed by atoms with Gasteiger partial charge in [-0.05, 0) is 37.1 Å². The Balaban J connectivity index is 2.06. The molecular weight excluding hydrogens is 158 g/mol. The Morgan fingerprint density at radius 3 is 2.15 bits per heavy atom. The maximum atomic E-state index is 3.64. The van der Waals surface area contributed by atoms with Crippen LogP contribution in [-0.2, 0) is 0 Å². The minimum Gasteiger partial charge on any atom is -0.316 e. The highest BCUT2D eigenvalue weighted by molar-refractivity contribution is 4.93. The van der Waals surface area contributed by atoms with Crippen molar-refractivity contribution in [1.29, 1.82) is 0 Å². The summed E-state index contributed by atoms with van der Waals surface area (Å²) in [7, 11) is 0. The third kappa shape index (κ3) is 3.30. The molecule has 1 nitrogen and oxygen atoms in total. The van der Waals surface area contributed by atoms with Crippen molar-refractivity contribution in [2.75, 3.05) is 13.1 Å². The van der Waals surface area contributed by atoms with Crippen LogP contribution in [0.5, 0.6) is 0 Å². The highest BCUT2D eigenvalue weighted by Crippen LogP contribution is 2.47. The molecule has 0 amide bonds. The van der Waals surface area contributed by atoms with Crippen LogP contribution in [0.1, 0.15) is 52.9 Å². The Morgan fingerprint density at radius 1 is 1.15 bits per heavy atom. The van der Waals surface area contributed by atoms with Crippen molar-refractivity contribution >= 4 is 0 Å². The van der Waals surface area contributed by atoms with Crippen LogP contribution in [0.15, 0.2) is 0 Å². The van der Waals surface area contributed by atoms with Crippen molar-refractivity contribution in [3.8, 4) is 0 Å². The van der Waals surface area contributed by atoms with Gasteiger partial charge in [-0.15, -0.1) is 0 Å². The van der Waals surface area contributed by atoms with Crippen LogP contribution in [-0.4, -0.2) is 13.1 Å². The van der Waals surface area contributed by atoms with E-state index in [0.29, 0.717) is 5.41 Å². The van der Waals surface area contributed by atoms with Gasteiger partial charge in [-0.25, -0.2) is 0 Å². The van der Waals surface area contributed by atoms with Gasteiger partial charge in [0.05, 0.1) is 0 Å². The van der Waals surface area contributed by atoms with E-state index >= 15 is 0 Å². The fourth-order valence-electron chi connectivity index (χ4n) is 1.95. The Morgan fingerprint density at radius 2 is 1.77 bits per heavy atom. The summed E-state index contributed by atoms with van der Waals surface area (Å²) in [4.78, 5) is 0. The molecule has 0 aromatic rings. The van der Waals surface area contributed by atoms with E-state index < -0.39 is 0 Å². The number of hydrogen-bond acceptors (Lipinski definition) is 1. The van der Waals surface area contributed by atoms with Gasteiger partial charge in [0, 0.05) is 6.54 Å². The van der Waals surface area contributed by atoms with E-state index in [2.05, 4.69) is 26.1 Å². The highest BCUT2D eigenvalue weighted by atomic mass is 14.9. The minimum atomic E-state index is 0.714. The monoisotopic (exact) mass is 183 g/mol. The van der Waals surface area contributed by atoms with E-state index in [9.17, 15) is 0 Å². The molecule has 1 fully saturated rings. The van der Waals surface area contributed by atoms with E-state index in [4.69, 9.17) is 0 Å². The molecule has 0 heterocycles. The second-order valence-electron chi connectivity index (χ2n) is 4.67. The maximum absolute atomic E-state index is 3.64. The van der Waals surface area contributed by atoms with Crippen LogP contribution in [0.25, 0.3) is 0 Å². The van der Waals surface area contributed by atoms with Crippen molar-refractivity contribution in [2.45, 2.75) is 52.9 Å². The summed E-state index contributed by atoms with van der Waals surface area (Å²) in [6.45, 7) is 9.41. The Labute approximate surface area is 83.3 Å². The molecule has 0 atom stereocenters. The first kappa shape index (κ1) is 11.0. The van der Waals surface area contributed by atoms with Gasteiger partial charge in [-0.2, -0.15) is 0 Å². The van der Waals surface area contributed by atoms with Crippen LogP contribution in [0.3, 0.4) is 0 Å². The zero-order chi connectivity index (χ0) is 9.73. The SMILES string of the molecule is CCC(CC)CNCC1(CC)CC1. The molecule has 0 aromatic carbocycles. The van der Waals surface area contributed by atoms with E-state index in [-0.39, 0.29) is 0 Å². The average Bonchev–Trinajstić information content (AvgIpc) is 2.93. The molecule has 1 N–H and O–H groups in total. The van der Waals surface area contributed by atoms with Crippen LogP contribution in [0, 0.1) is 11.3 Å². The minimum absolute atomic E-state index is 0.714. The van der Waals surface area contributed by atoms with Gasteiger partial charge in [0.1, 0.15) is 0 Å². The lowest BCUT2D eigenvalue weighted by Crippen LogP contribution is -2.28. The smallest absolute Gasteiger partial charge is 0.000783 e. The summed E-state index contributed by atoms with van der Waals surface area (Å²) in [6, 6.07) is 0. The predicted octanol–water partition coefficient (Wildman–Crippen LogP) is 3.20. The van der Waals surface area contributed by atoms with Crippen molar-refractivity contribution in [3.63, 3.8) is 0 Å². The Hall–Kier alpha value is -0.0400. The molecule has 0 radical (unpaired) electrons. The zero-order valence-corrected chi connectivity index (χ0v) is 9.53. The van der Waals surface area contributed by atoms with Crippen molar-refractivity contribution in [3.05, 3.63) is 0 Å². The van der Waals surface area contributed by atoms with Gasteiger partial charge in [-0.3, -0.25) is 0 Å². The molecule has 78 valence electrons. The standard InChI is InChI=1S/C12H25N/c1-4-11(5-2)9-13-10-12(6-3)7-8-12/h11,13H,4-10H2,1-3H3. The highest BCUT2D eigenvalue weighted by Gasteiger charge is 2.39. The molecule has 0 saturated heterocycles. The molecule has 0 bridgehead atoms. The summed E-state index contributed by atoms with van der Waals surface area (Å²) in [5, 5.41) is 3.64. The van der Waals surface area contributed by atoms with Gasteiger partial charge < -0.3 is 5.32 Å². The molecule has 13 heavy (non-hydrogen) atoms. The van der Waals surface area contributed by atoms with Crippen LogP contribution >= 0.6 is 0 Å². The lowest BCUT2D eigenvalue weighted by molar-refractivity contribution is 0.391. The van der Waals surface area contributed by atoms with E-state index in [1.165, 1.54) is 45.2 Å². The topological polar surface area (TPSA) is 12.0 Å². The van der Waals surface area contributed by atoms with Gasteiger partial charge in [0.2, 0.25) is 0 Å². The van der Waals surface area contributed by atoms with Gasteiger partial charge >= 0.3 is 0 Å². The first-order valence-corrected chi connectivity index (χ1v) is 5.97. The summed E-state index contributed by atoms with van der Waals surface area (Å²) in [5.41, 5.74) is 0.714. The summed E-state index contributed by atoms with van der Waals surface area (Å²) in [5.74, 6) is 0.896. The fraction of sp³-hybridized carbons (Fsp3) is 1.00. The Bertz CT molecular complexity index is 134. The molecular formula is C12H25N. The van der Waals surface area contributed by atoms with Crippen LogP contribution < -0.4 is 5.32 Å². The molecule has 0 aliphatic heterocycles. The predicted molar refractivity (Wildman–Crippen MR) is 58.9 cm³/mol. The van der Waals surface area contributed by atoms with Crippen LogP contribution in [0.4, 0.5) is 0 Å². The van der Waals surface area contributed by atoms with E-state index in [1.54, 1.807) is 0 Å². The van der Waals surface area contributed by atoms with Gasteiger partial charge in [0.25, 0.3) is 0 Å². The normalized spacial score (nSPS) is 19.4. The molecule has 1 saturated carbocycles. The number of hydrogen-bond donors (Lipinski definition) is 1. The zero-order valence-electron chi connectivity index (χ0n) is 9.53. The van der Waals surface area contributed by atoms with Gasteiger partial charge in [0.15, 0.2) is 0 Å². The molecule has 1 rings (SSSR count). The second-order valence-corrected chi connectivity index (χ2v) is 4.67. The largest absolute Gasteiger partial charge is 0.316 e. The third-order valence-electron chi connectivity index (χ3n) is 3.79. The molecule has 0 unspecified atom stereocenters. The maximum Gasteiger partial charge on any atom is 0.000783 e.